The minimum Gasteiger partial charge on any atom is -0.386 e. The number of halogens is 2. The molecule has 2 N–H and O–H groups in total. The molecule has 0 aliphatic rings. The monoisotopic (exact) mass is 271 g/mol. The first-order valence-electron chi connectivity index (χ1n) is 5.08. The molecule has 1 heterocycles. The lowest BCUT2D eigenvalue weighted by Gasteiger charge is -2.11. The van der Waals surface area contributed by atoms with Gasteiger partial charge in [0.05, 0.1) is 4.34 Å². The van der Waals surface area contributed by atoms with Crippen LogP contribution in [0.25, 0.3) is 0 Å². The SMILES string of the molecule is OC(CNc1ccc(F)cc1)c1ccc(Cl)s1. The van der Waals surface area contributed by atoms with Crippen LogP contribution >= 0.6 is 22.9 Å². The van der Waals surface area contributed by atoms with Crippen LogP contribution in [0.15, 0.2) is 36.4 Å². The molecule has 2 nitrogen and oxygen atoms in total. The van der Waals surface area contributed by atoms with Crippen LogP contribution < -0.4 is 5.32 Å². The number of aliphatic hydroxyl groups is 1. The van der Waals surface area contributed by atoms with Gasteiger partial charge in [-0.2, -0.15) is 0 Å². The molecule has 0 spiro atoms. The van der Waals surface area contributed by atoms with Gasteiger partial charge in [0.1, 0.15) is 11.9 Å². The average molecular weight is 272 g/mol. The Balaban J connectivity index is 1.92. The maximum Gasteiger partial charge on any atom is 0.123 e. The van der Waals surface area contributed by atoms with E-state index in [-0.39, 0.29) is 5.82 Å². The summed E-state index contributed by atoms with van der Waals surface area (Å²) in [7, 11) is 0. The molecular formula is C12H11ClFNOS. The fourth-order valence-corrected chi connectivity index (χ4v) is 2.44. The number of anilines is 1. The molecule has 0 saturated heterocycles. The van der Waals surface area contributed by atoms with Crippen molar-refractivity contribution < 1.29 is 9.50 Å². The maximum atomic E-state index is 12.7. The Morgan fingerprint density at radius 1 is 1.24 bits per heavy atom. The molecular weight excluding hydrogens is 261 g/mol. The van der Waals surface area contributed by atoms with E-state index >= 15 is 0 Å². The third-order valence-electron chi connectivity index (χ3n) is 2.27. The molecule has 2 aromatic rings. The van der Waals surface area contributed by atoms with Crippen LogP contribution in [-0.2, 0) is 0 Å². The summed E-state index contributed by atoms with van der Waals surface area (Å²) >= 11 is 7.13. The molecule has 2 rings (SSSR count). The Hall–Kier alpha value is -1.10. The van der Waals surface area contributed by atoms with Crippen molar-refractivity contribution in [3.05, 3.63) is 51.4 Å². The van der Waals surface area contributed by atoms with Crippen LogP contribution in [-0.4, -0.2) is 11.7 Å². The summed E-state index contributed by atoms with van der Waals surface area (Å²) in [5.41, 5.74) is 0.771. The first-order valence-corrected chi connectivity index (χ1v) is 6.27. The highest BCUT2D eigenvalue weighted by atomic mass is 35.5. The van der Waals surface area contributed by atoms with Gasteiger partial charge in [-0.05, 0) is 36.4 Å². The molecule has 0 saturated carbocycles. The smallest absolute Gasteiger partial charge is 0.123 e. The van der Waals surface area contributed by atoms with Crippen molar-refractivity contribution in [2.24, 2.45) is 0 Å². The third-order valence-corrected chi connectivity index (χ3v) is 3.60. The molecule has 0 radical (unpaired) electrons. The number of rotatable bonds is 4. The van der Waals surface area contributed by atoms with E-state index in [0.29, 0.717) is 10.9 Å². The van der Waals surface area contributed by atoms with Crippen LogP contribution in [0, 0.1) is 5.82 Å². The largest absolute Gasteiger partial charge is 0.386 e. The predicted octanol–water partition coefficient (Wildman–Crippen LogP) is 3.69. The van der Waals surface area contributed by atoms with Gasteiger partial charge in [-0.3, -0.25) is 0 Å². The summed E-state index contributed by atoms with van der Waals surface area (Å²) < 4.78 is 13.3. The summed E-state index contributed by atoms with van der Waals surface area (Å²) in [5, 5.41) is 12.9. The Morgan fingerprint density at radius 3 is 2.53 bits per heavy atom. The fraction of sp³-hybridized carbons (Fsp3) is 0.167. The summed E-state index contributed by atoms with van der Waals surface area (Å²) in [6, 6.07) is 9.55. The van der Waals surface area contributed by atoms with Gasteiger partial charge in [-0.1, -0.05) is 11.6 Å². The zero-order valence-corrected chi connectivity index (χ0v) is 10.4. The van der Waals surface area contributed by atoms with Crippen LogP contribution in [0.2, 0.25) is 4.34 Å². The van der Waals surface area contributed by atoms with Gasteiger partial charge in [0.15, 0.2) is 0 Å². The molecule has 0 aliphatic heterocycles. The topological polar surface area (TPSA) is 32.3 Å². The van der Waals surface area contributed by atoms with Gasteiger partial charge >= 0.3 is 0 Å². The van der Waals surface area contributed by atoms with Crippen molar-refractivity contribution in [1.29, 1.82) is 0 Å². The van der Waals surface area contributed by atoms with Gasteiger partial charge in [-0.15, -0.1) is 11.3 Å². The molecule has 90 valence electrons. The second kappa shape index (κ2) is 5.49. The third kappa shape index (κ3) is 3.43. The van der Waals surface area contributed by atoms with Crippen LogP contribution in [0.1, 0.15) is 11.0 Å². The molecule has 1 atom stereocenters. The van der Waals surface area contributed by atoms with Gasteiger partial charge in [0.2, 0.25) is 0 Å². The Kier molecular flexibility index (Phi) is 3.99. The molecule has 1 aromatic carbocycles. The van der Waals surface area contributed by atoms with E-state index in [2.05, 4.69) is 5.32 Å². The van der Waals surface area contributed by atoms with Crippen molar-refractivity contribution in [2.75, 3.05) is 11.9 Å². The molecule has 0 aliphatic carbocycles. The van der Waals surface area contributed by atoms with Gasteiger partial charge < -0.3 is 10.4 Å². The van der Waals surface area contributed by atoms with E-state index in [1.165, 1.54) is 23.5 Å². The van der Waals surface area contributed by atoms with Crippen molar-refractivity contribution in [3.8, 4) is 0 Å². The number of aliphatic hydroxyl groups excluding tert-OH is 1. The van der Waals surface area contributed by atoms with E-state index in [9.17, 15) is 9.50 Å². The zero-order chi connectivity index (χ0) is 12.3. The van der Waals surface area contributed by atoms with Crippen molar-refractivity contribution in [1.82, 2.24) is 0 Å². The predicted molar refractivity (Wildman–Crippen MR) is 69.2 cm³/mol. The number of benzene rings is 1. The molecule has 0 fully saturated rings. The average Bonchev–Trinajstić information content (AvgIpc) is 2.75. The van der Waals surface area contributed by atoms with Crippen LogP contribution in [0.5, 0.6) is 0 Å². The summed E-state index contributed by atoms with van der Waals surface area (Å²) in [5.74, 6) is -0.277. The Morgan fingerprint density at radius 2 is 1.94 bits per heavy atom. The highest BCUT2D eigenvalue weighted by Crippen LogP contribution is 2.27. The van der Waals surface area contributed by atoms with Gasteiger partial charge in [0, 0.05) is 17.1 Å². The van der Waals surface area contributed by atoms with Crippen molar-refractivity contribution in [2.45, 2.75) is 6.10 Å². The lowest BCUT2D eigenvalue weighted by molar-refractivity contribution is 0.195. The summed E-state index contributed by atoms with van der Waals surface area (Å²) in [4.78, 5) is 0.810. The Bertz CT molecular complexity index is 486. The van der Waals surface area contributed by atoms with E-state index in [0.717, 1.165) is 10.6 Å². The highest BCUT2D eigenvalue weighted by molar-refractivity contribution is 7.16. The lowest BCUT2D eigenvalue weighted by Crippen LogP contribution is -2.10. The van der Waals surface area contributed by atoms with E-state index in [4.69, 9.17) is 11.6 Å². The fourth-order valence-electron chi connectivity index (χ4n) is 1.39. The number of nitrogens with one attached hydrogen (secondary N) is 1. The van der Waals surface area contributed by atoms with E-state index < -0.39 is 6.10 Å². The molecule has 17 heavy (non-hydrogen) atoms. The lowest BCUT2D eigenvalue weighted by atomic mass is 10.2. The van der Waals surface area contributed by atoms with Gasteiger partial charge in [-0.25, -0.2) is 4.39 Å². The summed E-state index contributed by atoms with van der Waals surface area (Å²) in [6.45, 7) is 0.364. The quantitative estimate of drug-likeness (QED) is 0.889. The molecule has 0 amide bonds. The number of hydrogen-bond donors (Lipinski definition) is 2. The van der Waals surface area contributed by atoms with Crippen molar-refractivity contribution in [3.63, 3.8) is 0 Å². The minimum absolute atomic E-state index is 0.277. The molecule has 1 unspecified atom stereocenters. The van der Waals surface area contributed by atoms with Crippen LogP contribution in [0.4, 0.5) is 10.1 Å². The molecule has 0 bridgehead atoms. The highest BCUT2D eigenvalue weighted by Gasteiger charge is 2.09. The van der Waals surface area contributed by atoms with Gasteiger partial charge in [0.25, 0.3) is 0 Å². The number of hydrogen-bond acceptors (Lipinski definition) is 3. The standard InChI is InChI=1S/C12H11ClFNOS/c13-12-6-5-11(17-12)10(16)7-15-9-3-1-8(14)2-4-9/h1-6,10,15-16H,7H2. The normalized spacial score (nSPS) is 12.4. The van der Waals surface area contributed by atoms with E-state index in [1.54, 1.807) is 24.3 Å². The molecule has 1 aromatic heterocycles. The second-order valence-corrected chi connectivity index (χ2v) is 5.29. The van der Waals surface area contributed by atoms with Crippen molar-refractivity contribution >= 4 is 28.6 Å². The first-order chi connectivity index (χ1) is 8.15. The zero-order valence-electron chi connectivity index (χ0n) is 8.86. The van der Waals surface area contributed by atoms with E-state index in [1.807, 2.05) is 0 Å². The second-order valence-electron chi connectivity index (χ2n) is 3.55. The summed E-state index contributed by atoms with van der Waals surface area (Å²) in [6.07, 6.45) is -0.613. The maximum absolute atomic E-state index is 12.7. The van der Waals surface area contributed by atoms with Crippen LogP contribution in [0.3, 0.4) is 0 Å². The Labute approximate surface area is 108 Å². The number of thiophene rings is 1. The minimum atomic E-state index is -0.613. The molecule has 5 heteroatoms. The first kappa shape index (κ1) is 12.4.